The molecule has 1 aliphatic rings. The smallest absolute Gasteiger partial charge is 0.0729 e. The summed E-state index contributed by atoms with van der Waals surface area (Å²) in [6.45, 7) is 5.98. The summed E-state index contributed by atoms with van der Waals surface area (Å²) in [6.07, 6.45) is 7.93. The van der Waals surface area contributed by atoms with Gasteiger partial charge < -0.3 is 19.5 Å². The van der Waals surface area contributed by atoms with E-state index < -0.39 is 0 Å². The van der Waals surface area contributed by atoms with Gasteiger partial charge in [0.15, 0.2) is 0 Å². The van der Waals surface area contributed by atoms with Crippen LogP contribution < -0.4 is 5.32 Å². The molecular formula is C15H31NO3. The van der Waals surface area contributed by atoms with E-state index in [9.17, 15) is 0 Å². The number of rotatable bonds is 10. The number of hydrogen-bond acceptors (Lipinski definition) is 4. The largest absolute Gasteiger partial charge is 0.382 e. The van der Waals surface area contributed by atoms with Gasteiger partial charge in [-0.3, -0.25) is 0 Å². The average molecular weight is 273 g/mol. The van der Waals surface area contributed by atoms with Crippen molar-refractivity contribution in [2.45, 2.75) is 57.6 Å². The Labute approximate surface area is 118 Å². The van der Waals surface area contributed by atoms with Crippen molar-refractivity contribution < 1.29 is 14.2 Å². The van der Waals surface area contributed by atoms with E-state index in [1.165, 1.54) is 38.5 Å². The lowest BCUT2D eigenvalue weighted by atomic mass is 10.1. The van der Waals surface area contributed by atoms with E-state index in [1.54, 1.807) is 7.11 Å². The van der Waals surface area contributed by atoms with Crippen LogP contribution >= 0.6 is 0 Å². The zero-order valence-electron chi connectivity index (χ0n) is 12.7. The second-order valence-electron chi connectivity index (χ2n) is 5.21. The molecule has 1 saturated carbocycles. The summed E-state index contributed by atoms with van der Waals surface area (Å²) in [4.78, 5) is 0. The van der Waals surface area contributed by atoms with Gasteiger partial charge in [-0.25, -0.2) is 0 Å². The Hall–Kier alpha value is -0.160. The monoisotopic (exact) mass is 273 g/mol. The van der Waals surface area contributed by atoms with Crippen molar-refractivity contribution in [2.24, 2.45) is 0 Å². The summed E-state index contributed by atoms with van der Waals surface area (Å²) in [7, 11) is 1.69. The predicted octanol–water partition coefficient (Wildman–Crippen LogP) is 2.37. The fourth-order valence-electron chi connectivity index (χ4n) is 2.54. The molecule has 0 aromatic carbocycles. The van der Waals surface area contributed by atoms with Crippen molar-refractivity contribution in [3.8, 4) is 0 Å². The molecular weight excluding hydrogens is 242 g/mol. The van der Waals surface area contributed by atoms with Crippen LogP contribution in [0.15, 0.2) is 0 Å². The molecule has 1 aliphatic carbocycles. The topological polar surface area (TPSA) is 39.7 Å². The van der Waals surface area contributed by atoms with Crippen LogP contribution in [-0.4, -0.2) is 52.2 Å². The lowest BCUT2D eigenvalue weighted by Gasteiger charge is -2.26. The quantitative estimate of drug-likeness (QED) is 0.490. The number of methoxy groups -OCH3 is 1. The molecule has 19 heavy (non-hydrogen) atoms. The third kappa shape index (κ3) is 7.88. The first-order valence-electron chi connectivity index (χ1n) is 7.80. The van der Waals surface area contributed by atoms with Crippen LogP contribution in [0.3, 0.4) is 0 Å². The first-order chi connectivity index (χ1) is 9.38. The number of hydrogen-bond donors (Lipinski definition) is 1. The lowest BCUT2D eigenvalue weighted by molar-refractivity contribution is -0.0218. The van der Waals surface area contributed by atoms with E-state index in [1.807, 2.05) is 0 Å². The van der Waals surface area contributed by atoms with Crippen LogP contribution in [0, 0.1) is 0 Å². The standard InChI is InChI=1S/C15H31NO3/c1-3-9-16-14-7-5-4-6-8-15(14)19-13-12-18-11-10-17-2/h14-16H,3-13H2,1-2H3. The number of ether oxygens (including phenoxy) is 3. The van der Waals surface area contributed by atoms with Crippen molar-refractivity contribution in [3.63, 3.8) is 0 Å². The fourth-order valence-corrected chi connectivity index (χ4v) is 2.54. The summed E-state index contributed by atoms with van der Waals surface area (Å²) >= 11 is 0. The van der Waals surface area contributed by atoms with Crippen LogP contribution in [0.1, 0.15) is 45.4 Å². The normalized spacial score (nSPS) is 24.3. The molecule has 114 valence electrons. The highest BCUT2D eigenvalue weighted by atomic mass is 16.5. The predicted molar refractivity (Wildman–Crippen MR) is 77.6 cm³/mol. The maximum Gasteiger partial charge on any atom is 0.0729 e. The first kappa shape index (κ1) is 16.9. The van der Waals surface area contributed by atoms with Crippen molar-refractivity contribution in [3.05, 3.63) is 0 Å². The molecule has 2 atom stereocenters. The van der Waals surface area contributed by atoms with Crippen LogP contribution in [0.2, 0.25) is 0 Å². The van der Waals surface area contributed by atoms with Crippen molar-refractivity contribution in [1.29, 1.82) is 0 Å². The molecule has 0 amide bonds. The van der Waals surface area contributed by atoms with Crippen LogP contribution in [-0.2, 0) is 14.2 Å². The molecule has 0 radical (unpaired) electrons. The van der Waals surface area contributed by atoms with E-state index >= 15 is 0 Å². The molecule has 0 aliphatic heterocycles. The zero-order valence-corrected chi connectivity index (χ0v) is 12.7. The second kappa shape index (κ2) is 11.6. The molecule has 0 aromatic rings. The van der Waals surface area contributed by atoms with E-state index in [0.717, 1.165) is 6.54 Å². The maximum absolute atomic E-state index is 6.02. The zero-order chi connectivity index (χ0) is 13.8. The number of nitrogens with one attached hydrogen (secondary N) is 1. The van der Waals surface area contributed by atoms with Gasteiger partial charge in [-0.15, -0.1) is 0 Å². The summed E-state index contributed by atoms with van der Waals surface area (Å²) in [5.74, 6) is 0. The molecule has 1 fully saturated rings. The van der Waals surface area contributed by atoms with Crippen LogP contribution in [0.5, 0.6) is 0 Å². The Kier molecular flexibility index (Phi) is 10.4. The summed E-state index contributed by atoms with van der Waals surface area (Å²) in [5.41, 5.74) is 0. The SMILES string of the molecule is CCCNC1CCCCCC1OCCOCCOC. The van der Waals surface area contributed by atoms with Gasteiger partial charge >= 0.3 is 0 Å². The van der Waals surface area contributed by atoms with Gasteiger partial charge in [-0.1, -0.05) is 26.2 Å². The van der Waals surface area contributed by atoms with Gasteiger partial charge in [0, 0.05) is 13.2 Å². The Morgan fingerprint density at radius 3 is 2.58 bits per heavy atom. The van der Waals surface area contributed by atoms with Crippen LogP contribution in [0.4, 0.5) is 0 Å². The van der Waals surface area contributed by atoms with E-state index in [-0.39, 0.29) is 0 Å². The minimum Gasteiger partial charge on any atom is -0.382 e. The highest BCUT2D eigenvalue weighted by molar-refractivity contribution is 4.80. The summed E-state index contributed by atoms with van der Waals surface area (Å²) in [5, 5.41) is 3.64. The average Bonchev–Trinajstić information content (AvgIpc) is 2.65. The molecule has 0 saturated heterocycles. The lowest BCUT2D eigenvalue weighted by Crippen LogP contribution is -2.41. The summed E-state index contributed by atoms with van der Waals surface area (Å²) < 4.78 is 16.4. The molecule has 0 heterocycles. The summed E-state index contributed by atoms with van der Waals surface area (Å²) in [6, 6.07) is 0.529. The van der Waals surface area contributed by atoms with Crippen molar-refractivity contribution in [2.75, 3.05) is 40.1 Å². The van der Waals surface area contributed by atoms with Gasteiger partial charge in [-0.05, 0) is 25.8 Å². The van der Waals surface area contributed by atoms with Crippen molar-refractivity contribution >= 4 is 0 Å². The third-order valence-corrected chi connectivity index (χ3v) is 3.60. The van der Waals surface area contributed by atoms with Gasteiger partial charge in [0.05, 0.1) is 32.5 Å². The van der Waals surface area contributed by atoms with Gasteiger partial charge in [0.1, 0.15) is 0 Å². The molecule has 2 unspecified atom stereocenters. The highest BCUT2D eigenvalue weighted by Crippen LogP contribution is 2.20. The molecule has 1 N–H and O–H groups in total. The second-order valence-corrected chi connectivity index (χ2v) is 5.21. The fraction of sp³-hybridized carbons (Fsp3) is 1.00. The van der Waals surface area contributed by atoms with Crippen molar-refractivity contribution in [1.82, 2.24) is 5.32 Å². The molecule has 4 nitrogen and oxygen atoms in total. The molecule has 0 aromatic heterocycles. The van der Waals surface area contributed by atoms with E-state index in [0.29, 0.717) is 38.6 Å². The highest BCUT2D eigenvalue weighted by Gasteiger charge is 2.23. The molecule has 0 spiro atoms. The Morgan fingerprint density at radius 1 is 1.00 bits per heavy atom. The maximum atomic E-state index is 6.02. The molecule has 0 bridgehead atoms. The van der Waals surface area contributed by atoms with Gasteiger partial charge in [-0.2, -0.15) is 0 Å². The minimum atomic E-state index is 0.361. The molecule has 1 rings (SSSR count). The van der Waals surface area contributed by atoms with E-state index in [2.05, 4.69) is 12.2 Å². The van der Waals surface area contributed by atoms with Gasteiger partial charge in [0.25, 0.3) is 0 Å². The van der Waals surface area contributed by atoms with Crippen LogP contribution in [0.25, 0.3) is 0 Å². The Balaban J connectivity index is 2.18. The van der Waals surface area contributed by atoms with E-state index in [4.69, 9.17) is 14.2 Å². The molecule has 4 heteroatoms. The minimum absolute atomic E-state index is 0.361. The van der Waals surface area contributed by atoms with Gasteiger partial charge in [0.2, 0.25) is 0 Å². The Morgan fingerprint density at radius 2 is 1.79 bits per heavy atom. The Bertz CT molecular complexity index is 202. The first-order valence-corrected chi connectivity index (χ1v) is 7.80. The third-order valence-electron chi connectivity index (χ3n) is 3.60.